The predicted molar refractivity (Wildman–Crippen MR) is 65.2 cm³/mol. The lowest BCUT2D eigenvalue weighted by Gasteiger charge is -2.28. The minimum atomic E-state index is -4.05. The number of nitrogens with zero attached hydrogens (tertiary/aromatic N) is 1. The molecule has 0 bridgehead atoms. The molecule has 4 nitrogen and oxygen atoms in total. The zero-order chi connectivity index (χ0) is 12.3. The fourth-order valence-corrected chi connectivity index (χ4v) is 2.21. The fourth-order valence-electron chi connectivity index (χ4n) is 1.62. The summed E-state index contributed by atoms with van der Waals surface area (Å²) >= 11 is 0. The largest absolute Gasteiger partial charge is 0.353 e. The quantitative estimate of drug-likeness (QED) is 0.822. The van der Waals surface area contributed by atoms with Gasteiger partial charge in [0.05, 0.1) is 0 Å². The summed E-state index contributed by atoms with van der Waals surface area (Å²) in [5, 5.41) is -0.931. The molecule has 1 atom stereocenters. The van der Waals surface area contributed by atoms with Crippen LogP contribution >= 0.6 is 0 Å². The van der Waals surface area contributed by atoms with E-state index in [4.69, 9.17) is 4.55 Å². The second-order valence-electron chi connectivity index (χ2n) is 3.74. The molecule has 1 aromatic carbocycles. The third-order valence-electron chi connectivity index (χ3n) is 2.54. The normalized spacial score (nSPS) is 13.5. The summed E-state index contributed by atoms with van der Waals surface area (Å²) in [6.07, 6.45) is 0. The van der Waals surface area contributed by atoms with Gasteiger partial charge >= 0.3 is 0 Å². The van der Waals surface area contributed by atoms with Gasteiger partial charge in [0.25, 0.3) is 10.1 Å². The number of anilines is 1. The Morgan fingerprint density at radius 1 is 1.44 bits per heavy atom. The average Bonchev–Trinajstić information content (AvgIpc) is 2.17. The fraction of sp³-hybridized carbons (Fsp3) is 0.455. The Labute approximate surface area is 96.6 Å². The molecular formula is C11H17NO3S. The van der Waals surface area contributed by atoms with E-state index in [1.807, 2.05) is 38.1 Å². The standard InChI is InChI=1S/C11H17NO3S/c1-4-12(10(3)16(13,14)15)11-7-5-6-9(2)8-11/h5-8,10H,4H2,1-3H3,(H,13,14,15). The monoisotopic (exact) mass is 243 g/mol. The minimum Gasteiger partial charge on any atom is -0.353 e. The first-order valence-electron chi connectivity index (χ1n) is 5.16. The molecule has 0 heterocycles. The first-order valence-corrected chi connectivity index (χ1v) is 6.66. The van der Waals surface area contributed by atoms with Crippen molar-refractivity contribution in [2.75, 3.05) is 11.4 Å². The van der Waals surface area contributed by atoms with Gasteiger partial charge in [0.15, 0.2) is 5.37 Å². The SMILES string of the molecule is CCN(c1cccc(C)c1)C(C)S(=O)(=O)O. The molecule has 16 heavy (non-hydrogen) atoms. The van der Waals surface area contributed by atoms with E-state index in [0.717, 1.165) is 11.3 Å². The molecule has 1 N–H and O–H groups in total. The van der Waals surface area contributed by atoms with Crippen LogP contribution in [0.3, 0.4) is 0 Å². The molecule has 1 aromatic rings. The van der Waals surface area contributed by atoms with Crippen LogP contribution in [0.2, 0.25) is 0 Å². The molecule has 5 heteroatoms. The van der Waals surface area contributed by atoms with Crippen LogP contribution < -0.4 is 4.90 Å². The van der Waals surface area contributed by atoms with E-state index < -0.39 is 15.5 Å². The highest BCUT2D eigenvalue weighted by Gasteiger charge is 2.24. The predicted octanol–water partition coefficient (Wildman–Crippen LogP) is 2.06. The summed E-state index contributed by atoms with van der Waals surface area (Å²) in [6.45, 7) is 5.78. The van der Waals surface area contributed by atoms with Crippen molar-refractivity contribution in [1.82, 2.24) is 0 Å². The maximum atomic E-state index is 11.1. The van der Waals surface area contributed by atoms with E-state index in [9.17, 15) is 8.42 Å². The molecule has 0 aliphatic heterocycles. The third-order valence-corrected chi connectivity index (χ3v) is 3.66. The van der Waals surface area contributed by atoms with E-state index in [2.05, 4.69) is 0 Å². The van der Waals surface area contributed by atoms with Crippen molar-refractivity contribution in [3.8, 4) is 0 Å². The van der Waals surface area contributed by atoms with Gasteiger partial charge in [-0.3, -0.25) is 4.55 Å². The van der Waals surface area contributed by atoms with Gasteiger partial charge in [-0.15, -0.1) is 0 Å². The zero-order valence-electron chi connectivity index (χ0n) is 9.71. The van der Waals surface area contributed by atoms with Gasteiger partial charge < -0.3 is 4.90 Å². The van der Waals surface area contributed by atoms with Gasteiger partial charge in [-0.1, -0.05) is 12.1 Å². The highest BCUT2D eigenvalue weighted by Crippen LogP contribution is 2.20. The Balaban J connectivity index is 3.08. The van der Waals surface area contributed by atoms with Crippen LogP contribution in [0.4, 0.5) is 5.69 Å². The molecular weight excluding hydrogens is 226 g/mol. The number of aryl methyl sites for hydroxylation is 1. The van der Waals surface area contributed by atoms with Gasteiger partial charge in [0, 0.05) is 12.2 Å². The second-order valence-corrected chi connectivity index (χ2v) is 5.45. The van der Waals surface area contributed by atoms with Crippen molar-refractivity contribution < 1.29 is 13.0 Å². The summed E-state index contributed by atoms with van der Waals surface area (Å²) in [6, 6.07) is 7.53. The van der Waals surface area contributed by atoms with E-state index in [0.29, 0.717) is 6.54 Å². The van der Waals surface area contributed by atoms with Crippen molar-refractivity contribution in [3.63, 3.8) is 0 Å². The molecule has 0 fully saturated rings. The van der Waals surface area contributed by atoms with Gasteiger partial charge in [-0.05, 0) is 38.5 Å². The van der Waals surface area contributed by atoms with Gasteiger partial charge in [-0.25, -0.2) is 0 Å². The van der Waals surface area contributed by atoms with Crippen LogP contribution in [0.25, 0.3) is 0 Å². The maximum absolute atomic E-state index is 11.1. The minimum absolute atomic E-state index is 0.518. The molecule has 1 rings (SSSR count). The summed E-state index contributed by atoms with van der Waals surface area (Å²) < 4.78 is 31.3. The average molecular weight is 243 g/mol. The zero-order valence-corrected chi connectivity index (χ0v) is 10.5. The molecule has 1 unspecified atom stereocenters. The van der Waals surface area contributed by atoms with Crippen molar-refractivity contribution in [3.05, 3.63) is 29.8 Å². The lowest BCUT2D eigenvalue weighted by molar-refractivity contribution is 0.467. The van der Waals surface area contributed by atoms with Gasteiger partial charge in [-0.2, -0.15) is 8.42 Å². The highest BCUT2D eigenvalue weighted by molar-refractivity contribution is 7.86. The van der Waals surface area contributed by atoms with E-state index in [1.54, 1.807) is 4.90 Å². The van der Waals surface area contributed by atoms with Crippen LogP contribution in [0, 0.1) is 6.92 Å². The molecule has 0 spiro atoms. The van der Waals surface area contributed by atoms with Gasteiger partial charge in [0.2, 0.25) is 0 Å². The van der Waals surface area contributed by atoms with Crippen molar-refractivity contribution in [1.29, 1.82) is 0 Å². The molecule has 90 valence electrons. The summed E-state index contributed by atoms with van der Waals surface area (Å²) in [5.74, 6) is 0. The molecule has 0 aromatic heterocycles. The van der Waals surface area contributed by atoms with Crippen LogP contribution in [0.1, 0.15) is 19.4 Å². The Hall–Kier alpha value is -1.07. The lowest BCUT2D eigenvalue weighted by atomic mass is 10.2. The molecule has 0 saturated heterocycles. The van der Waals surface area contributed by atoms with Crippen LogP contribution in [0.5, 0.6) is 0 Å². The Bertz CT molecular complexity index is 456. The van der Waals surface area contributed by atoms with Crippen molar-refractivity contribution in [2.45, 2.75) is 26.1 Å². The lowest BCUT2D eigenvalue weighted by Crippen LogP contribution is -2.38. The van der Waals surface area contributed by atoms with Crippen molar-refractivity contribution in [2.24, 2.45) is 0 Å². The Kier molecular flexibility index (Phi) is 3.93. The Morgan fingerprint density at radius 2 is 2.06 bits per heavy atom. The first-order chi connectivity index (χ1) is 7.36. The number of rotatable bonds is 4. The molecule has 0 aliphatic rings. The molecule has 0 amide bonds. The van der Waals surface area contributed by atoms with E-state index in [-0.39, 0.29) is 0 Å². The van der Waals surface area contributed by atoms with E-state index in [1.165, 1.54) is 6.92 Å². The van der Waals surface area contributed by atoms with E-state index >= 15 is 0 Å². The smallest absolute Gasteiger partial charge is 0.286 e. The maximum Gasteiger partial charge on any atom is 0.286 e. The molecule has 0 saturated carbocycles. The van der Waals surface area contributed by atoms with Crippen molar-refractivity contribution >= 4 is 15.8 Å². The third kappa shape index (κ3) is 2.96. The summed E-state index contributed by atoms with van der Waals surface area (Å²) in [7, 11) is -4.05. The molecule has 0 radical (unpaired) electrons. The molecule has 0 aliphatic carbocycles. The number of hydrogen-bond acceptors (Lipinski definition) is 3. The topological polar surface area (TPSA) is 57.6 Å². The van der Waals surface area contributed by atoms with Crippen LogP contribution in [-0.2, 0) is 10.1 Å². The second kappa shape index (κ2) is 4.84. The Morgan fingerprint density at radius 3 is 2.50 bits per heavy atom. The van der Waals surface area contributed by atoms with Crippen LogP contribution in [-0.4, -0.2) is 24.9 Å². The summed E-state index contributed by atoms with van der Waals surface area (Å²) in [4.78, 5) is 1.64. The van der Waals surface area contributed by atoms with Crippen LogP contribution in [0.15, 0.2) is 24.3 Å². The number of hydrogen-bond donors (Lipinski definition) is 1. The first kappa shape index (κ1) is 13.0. The summed E-state index contributed by atoms with van der Waals surface area (Å²) in [5.41, 5.74) is 1.85. The highest BCUT2D eigenvalue weighted by atomic mass is 32.2. The number of benzene rings is 1. The van der Waals surface area contributed by atoms with Gasteiger partial charge in [0.1, 0.15) is 0 Å².